The molecule has 1 aromatic carbocycles. The summed E-state index contributed by atoms with van der Waals surface area (Å²) < 4.78 is 32.6. The number of sulfonamides is 1. The van der Waals surface area contributed by atoms with E-state index in [9.17, 15) is 18.3 Å². The molecule has 134 valence electrons. The molecule has 0 saturated carbocycles. The van der Waals surface area contributed by atoms with E-state index in [1.165, 1.54) is 18.2 Å². The zero-order chi connectivity index (χ0) is 17.7. The molecule has 1 aromatic rings. The Morgan fingerprint density at radius 1 is 1.46 bits per heavy atom. The summed E-state index contributed by atoms with van der Waals surface area (Å²) in [7, 11) is -3.74. The second kappa shape index (κ2) is 7.96. The van der Waals surface area contributed by atoms with Crippen LogP contribution in [0.2, 0.25) is 0 Å². The van der Waals surface area contributed by atoms with Crippen molar-refractivity contribution >= 4 is 21.7 Å². The van der Waals surface area contributed by atoms with Gasteiger partial charge in [-0.25, -0.2) is 17.9 Å². The van der Waals surface area contributed by atoms with Crippen LogP contribution < -0.4 is 10.0 Å². The van der Waals surface area contributed by atoms with Gasteiger partial charge in [-0.05, 0) is 44.4 Å². The number of aromatic carboxylic acids is 1. The number of carboxylic acids is 1. The van der Waals surface area contributed by atoms with E-state index in [1.54, 1.807) is 6.92 Å². The van der Waals surface area contributed by atoms with Crippen molar-refractivity contribution in [1.82, 2.24) is 4.72 Å². The summed E-state index contributed by atoms with van der Waals surface area (Å²) in [4.78, 5) is 11.4. The normalized spacial score (nSPS) is 19.2. The van der Waals surface area contributed by atoms with Crippen LogP contribution in [0.3, 0.4) is 0 Å². The fourth-order valence-electron chi connectivity index (χ4n) is 2.47. The van der Waals surface area contributed by atoms with E-state index in [0.29, 0.717) is 18.7 Å². The Balaban J connectivity index is 2.20. The molecule has 8 heteroatoms. The Morgan fingerprint density at radius 2 is 2.21 bits per heavy atom. The van der Waals surface area contributed by atoms with Crippen LogP contribution in [0.4, 0.5) is 5.69 Å². The molecule has 0 aliphatic carbocycles. The second-order valence-electron chi connectivity index (χ2n) is 5.96. The number of carboxylic acid groups (broad SMARTS) is 1. The van der Waals surface area contributed by atoms with Crippen molar-refractivity contribution < 1.29 is 23.1 Å². The van der Waals surface area contributed by atoms with Crippen molar-refractivity contribution in [3.63, 3.8) is 0 Å². The van der Waals surface area contributed by atoms with Crippen LogP contribution >= 0.6 is 0 Å². The summed E-state index contributed by atoms with van der Waals surface area (Å²) in [6, 6.07) is 3.87. The average molecular weight is 356 g/mol. The highest BCUT2D eigenvalue weighted by Gasteiger charge is 2.21. The lowest BCUT2D eigenvalue weighted by Crippen LogP contribution is -2.32. The number of nitrogens with one attached hydrogen (secondary N) is 2. The number of hydrogen-bond donors (Lipinski definition) is 3. The second-order valence-corrected chi connectivity index (χ2v) is 7.67. The summed E-state index contributed by atoms with van der Waals surface area (Å²) in [6.07, 6.45) is 2.63. The van der Waals surface area contributed by atoms with Crippen LogP contribution in [0.5, 0.6) is 0 Å². The van der Waals surface area contributed by atoms with Gasteiger partial charge in [-0.15, -0.1) is 0 Å². The number of anilines is 1. The van der Waals surface area contributed by atoms with Crippen molar-refractivity contribution in [1.29, 1.82) is 0 Å². The first-order chi connectivity index (χ1) is 11.3. The molecule has 2 rings (SSSR count). The summed E-state index contributed by atoms with van der Waals surface area (Å²) in [5.41, 5.74) is 0.320. The Bertz CT molecular complexity index is 684. The van der Waals surface area contributed by atoms with E-state index in [2.05, 4.69) is 10.0 Å². The molecule has 0 spiro atoms. The Morgan fingerprint density at radius 3 is 2.79 bits per heavy atom. The van der Waals surface area contributed by atoms with Gasteiger partial charge < -0.3 is 15.2 Å². The van der Waals surface area contributed by atoms with Gasteiger partial charge in [0.1, 0.15) is 0 Å². The molecule has 1 aliphatic rings. The van der Waals surface area contributed by atoms with Crippen molar-refractivity contribution in [2.45, 2.75) is 50.2 Å². The third-order valence-electron chi connectivity index (χ3n) is 4.04. The van der Waals surface area contributed by atoms with E-state index in [1.807, 2.05) is 6.92 Å². The number of hydrogen-bond acceptors (Lipinski definition) is 5. The van der Waals surface area contributed by atoms with Crippen LogP contribution in [0, 0.1) is 0 Å². The van der Waals surface area contributed by atoms with Crippen LogP contribution in [-0.4, -0.2) is 44.8 Å². The Kier molecular flexibility index (Phi) is 6.20. The number of rotatable bonds is 8. The number of benzene rings is 1. The van der Waals surface area contributed by atoms with Gasteiger partial charge in [-0.3, -0.25) is 0 Å². The van der Waals surface area contributed by atoms with Gasteiger partial charge in [-0.2, -0.15) is 0 Å². The highest BCUT2D eigenvalue weighted by molar-refractivity contribution is 7.89. The first-order valence-corrected chi connectivity index (χ1v) is 9.57. The summed E-state index contributed by atoms with van der Waals surface area (Å²) in [5, 5.41) is 12.4. The smallest absolute Gasteiger partial charge is 0.337 e. The van der Waals surface area contributed by atoms with Crippen molar-refractivity contribution in [2.24, 2.45) is 0 Å². The maximum absolute atomic E-state index is 12.3. The summed E-state index contributed by atoms with van der Waals surface area (Å²) in [5.74, 6) is -1.18. The van der Waals surface area contributed by atoms with Crippen molar-refractivity contribution in [2.75, 3.05) is 18.5 Å². The highest BCUT2D eigenvalue weighted by atomic mass is 32.2. The van der Waals surface area contributed by atoms with E-state index in [4.69, 9.17) is 4.74 Å². The standard InChI is InChI=1S/C16H24N2O5S/c1-3-11(2)18-24(21,22)13-6-7-15(14(9-13)16(19)20)17-10-12-5-4-8-23-12/h6-7,9,11-12,17-18H,3-5,8,10H2,1-2H3,(H,19,20)/t11-,12+/m0/s1. The molecule has 3 N–H and O–H groups in total. The molecule has 0 amide bonds. The summed E-state index contributed by atoms with van der Waals surface area (Å²) >= 11 is 0. The van der Waals surface area contributed by atoms with Gasteiger partial charge >= 0.3 is 5.97 Å². The van der Waals surface area contributed by atoms with Gasteiger partial charge in [0.15, 0.2) is 0 Å². The van der Waals surface area contributed by atoms with Gasteiger partial charge in [0.2, 0.25) is 10.0 Å². The zero-order valence-electron chi connectivity index (χ0n) is 13.9. The molecule has 24 heavy (non-hydrogen) atoms. The number of carbonyl (C=O) groups is 1. The first kappa shape index (κ1) is 18.7. The van der Waals surface area contributed by atoms with Crippen molar-refractivity contribution in [3.05, 3.63) is 23.8 Å². The predicted molar refractivity (Wildman–Crippen MR) is 90.9 cm³/mol. The topological polar surface area (TPSA) is 105 Å². The van der Waals surface area contributed by atoms with Gasteiger partial charge in [-0.1, -0.05) is 6.92 Å². The lowest BCUT2D eigenvalue weighted by Gasteiger charge is -2.16. The predicted octanol–water partition coefficient (Wildman–Crippen LogP) is 2.05. The first-order valence-electron chi connectivity index (χ1n) is 8.08. The van der Waals surface area contributed by atoms with E-state index < -0.39 is 16.0 Å². The van der Waals surface area contributed by atoms with Crippen LogP contribution in [-0.2, 0) is 14.8 Å². The number of ether oxygens (including phenoxy) is 1. The Hall–Kier alpha value is -1.64. The van der Waals surface area contributed by atoms with Crippen LogP contribution in [0.1, 0.15) is 43.5 Å². The molecule has 7 nitrogen and oxygen atoms in total. The van der Waals surface area contributed by atoms with E-state index in [0.717, 1.165) is 19.4 Å². The molecule has 0 bridgehead atoms. The fourth-order valence-corrected chi connectivity index (χ4v) is 3.82. The molecular weight excluding hydrogens is 332 g/mol. The quantitative estimate of drug-likeness (QED) is 0.658. The molecule has 1 heterocycles. The Labute approximate surface area is 142 Å². The molecule has 0 aromatic heterocycles. The van der Waals surface area contributed by atoms with Crippen LogP contribution in [0.25, 0.3) is 0 Å². The third kappa shape index (κ3) is 4.68. The monoisotopic (exact) mass is 356 g/mol. The van der Waals surface area contributed by atoms with E-state index in [-0.39, 0.29) is 22.6 Å². The summed E-state index contributed by atoms with van der Waals surface area (Å²) in [6.45, 7) is 4.84. The molecule has 1 saturated heterocycles. The van der Waals surface area contributed by atoms with Crippen LogP contribution in [0.15, 0.2) is 23.1 Å². The minimum Gasteiger partial charge on any atom is -0.478 e. The third-order valence-corrected chi connectivity index (χ3v) is 5.63. The minimum absolute atomic E-state index is 0.0529. The lowest BCUT2D eigenvalue weighted by atomic mass is 10.1. The molecule has 1 aliphatic heterocycles. The average Bonchev–Trinajstić information content (AvgIpc) is 3.05. The van der Waals surface area contributed by atoms with E-state index >= 15 is 0 Å². The van der Waals surface area contributed by atoms with Gasteiger partial charge in [0, 0.05) is 24.9 Å². The molecule has 1 fully saturated rings. The molecule has 0 unspecified atom stereocenters. The maximum Gasteiger partial charge on any atom is 0.337 e. The minimum atomic E-state index is -3.74. The zero-order valence-corrected chi connectivity index (χ0v) is 14.7. The SMILES string of the molecule is CC[C@H](C)NS(=O)(=O)c1ccc(NC[C@H]2CCCO2)c(C(=O)O)c1. The fraction of sp³-hybridized carbons (Fsp3) is 0.562. The highest BCUT2D eigenvalue weighted by Crippen LogP contribution is 2.22. The van der Waals surface area contributed by atoms with Crippen molar-refractivity contribution in [3.8, 4) is 0 Å². The lowest BCUT2D eigenvalue weighted by molar-refractivity contribution is 0.0697. The van der Waals surface area contributed by atoms with Gasteiger partial charge in [0.05, 0.1) is 16.6 Å². The molecular formula is C16H24N2O5S. The largest absolute Gasteiger partial charge is 0.478 e. The maximum atomic E-state index is 12.3. The van der Waals surface area contributed by atoms with Gasteiger partial charge in [0.25, 0.3) is 0 Å². The molecule has 2 atom stereocenters. The molecule has 0 radical (unpaired) electrons.